The van der Waals surface area contributed by atoms with Gasteiger partial charge in [-0.25, -0.2) is 0 Å². The van der Waals surface area contributed by atoms with Gasteiger partial charge in [0.05, 0.1) is 23.2 Å². The largest absolute Gasteiger partial charge is 0.416 e. The zero-order chi connectivity index (χ0) is 30.1. The van der Waals surface area contributed by atoms with Gasteiger partial charge in [-0.2, -0.15) is 26.3 Å². The van der Waals surface area contributed by atoms with Crippen LogP contribution in [0.15, 0.2) is 88.5 Å². The number of hydrogen-bond donors (Lipinski definition) is 2. The molecule has 2 N–H and O–H groups in total. The van der Waals surface area contributed by atoms with Crippen LogP contribution < -0.4 is 21.5 Å². The first-order valence-corrected chi connectivity index (χ1v) is 13.4. The number of rotatable bonds is 8. The Kier molecular flexibility index (Phi) is 8.14. The summed E-state index contributed by atoms with van der Waals surface area (Å²) in [5.41, 5.74) is -4.49. The number of piperidine rings is 1. The lowest BCUT2D eigenvalue weighted by Gasteiger charge is -2.40. The standard InChI is InChI=1S/C31H27F6N3O2/c32-30(33,34)21-16-22(31(35,36)37)18-23(17-21)38-25-26(29(42)28(25)41)39-24(19-10-4-1-5-11-19)27(20-12-6-2-7-13-20)40-14-8-3-9-15-40/h1-2,4-7,10-13,16-18,24,27,38-39H,3,8-9,14-15H2/t24-,27-/m1/s1. The third-order valence-corrected chi connectivity index (χ3v) is 7.47. The molecule has 1 aliphatic rings. The predicted octanol–water partition coefficient (Wildman–Crippen LogP) is 7.44. The van der Waals surface area contributed by atoms with Gasteiger partial charge in [0, 0.05) is 5.69 Å². The summed E-state index contributed by atoms with van der Waals surface area (Å²) in [5, 5.41) is 5.55. The molecule has 0 spiro atoms. The van der Waals surface area contributed by atoms with Crippen LogP contribution >= 0.6 is 0 Å². The lowest BCUT2D eigenvalue weighted by Crippen LogP contribution is -2.42. The Morgan fingerprint density at radius 3 is 1.67 bits per heavy atom. The van der Waals surface area contributed by atoms with Crippen LogP contribution in [0, 0.1) is 0 Å². The van der Waals surface area contributed by atoms with Gasteiger partial charge in [0.25, 0.3) is 10.9 Å². The first-order valence-electron chi connectivity index (χ1n) is 13.4. The highest BCUT2D eigenvalue weighted by Gasteiger charge is 2.38. The fraction of sp³-hybridized carbons (Fsp3) is 0.290. The summed E-state index contributed by atoms with van der Waals surface area (Å²) < 4.78 is 80.6. The van der Waals surface area contributed by atoms with Crippen molar-refractivity contribution >= 4 is 17.1 Å². The Bertz CT molecular complexity index is 1560. The number of halogens is 6. The van der Waals surface area contributed by atoms with Crippen LogP contribution in [-0.2, 0) is 12.4 Å². The Balaban J connectivity index is 1.56. The van der Waals surface area contributed by atoms with Crippen LogP contribution in [0.2, 0.25) is 0 Å². The van der Waals surface area contributed by atoms with E-state index in [0.29, 0.717) is 12.1 Å². The fourth-order valence-corrected chi connectivity index (χ4v) is 5.44. The van der Waals surface area contributed by atoms with Crippen molar-refractivity contribution in [3.05, 3.63) is 122 Å². The van der Waals surface area contributed by atoms with Crippen LogP contribution in [0.3, 0.4) is 0 Å². The molecule has 0 radical (unpaired) electrons. The molecule has 1 saturated heterocycles. The van der Waals surface area contributed by atoms with Gasteiger partial charge < -0.3 is 10.6 Å². The molecule has 1 aliphatic heterocycles. The van der Waals surface area contributed by atoms with E-state index in [1.54, 1.807) is 0 Å². The number of likely N-dealkylation sites (tertiary alicyclic amines) is 1. The molecule has 5 nitrogen and oxygen atoms in total. The molecule has 0 aromatic heterocycles. The summed E-state index contributed by atoms with van der Waals surface area (Å²) in [7, 11) is 0. The average molecular weight is 588 g/mol. The molecule has 220 valence electrons. The summed E-state index contributed by atoms with van der Waals surface area (Å²) in [6.45, 7) is 1.57. The number of anilines is 3. The van der Waals surface area contributed by atoms with Crippen molar-refractivity contribution in [1.29, 1.82) is 0 Å². The molecular formula is C31H27F6N3O2. The fourth-order valence-electron chi connectivity index (χ4n) is 5.44. The molecule has 1 fully saturated rings. The smallest absolute Gasteiger partial charge is 0.371 e. The number of nitrogens with zero attached hydrogens (tertiary/aromatic N) is 1. The van der Waals surface area contributed by atoms with Gasteiger partial charge >= 0.3 is 12.4 Å². The molecule has 1 heterocycles. The quantitative estimate of drug-likeness (QED) is 0.166. The van der Waals surface area contributed by atoms with Gasteiger partial charge in [0.1, 0.15) is 11.4 Å². The number of hydrogen-bond acceptors (Lipinski definition) is 5. The molecular weight excluding hydrogens is 560 g/mol. The molecule has 11 heteroatoms. The van der Waals surface area contributed by atoms with Crippen molar-refractivity contribution in [2.75, 3.05) is 23.7 Å². The number of nitrogens with one attached hydrogen (secondary N) is 2. The molecule has 0 bridgehead atoms. The van der Waals surface area contributed by atoms with E-state index in [1.807, 2.05) is 60.7 Å². The molecule has 4 aromatic rings. The Hall–Kier alpha value is -4.12. The Labute approximate surface area is 237 Å². The SMILES string of the molecule is O=c1c(Nc2cc(C(F)(F)F)cc(C(F)(F)F)c2)c(N[C@H](c2ccccc2)[C@@H](c2ccccc2)N2CCCCC2)c1=O. The second-order valence-corrected chi connectivity index (χ2v) is 10.3. The zero-order valence-corrected chi connectivity index (χ0v) is 22.2. The van der Waals surface area contributed by atoms with E-state index in [9.17, 15) is 35.9 Å². The minimum absolute atomic E-state index is 0.000972. The Morgan fingerprint density at radius 1 is 0.643 bits per heavy atom. The first kappa shape index (κ1) is 29.4. The average Bonchev–Trinajstić information content (AvgIpc) is 2.98. The van der Waals surface area contributed by atoms with E-state index < -0.39 is 46.1 Å². The van der Waals surface area contributed by atoms with Crippen molar-refractivity contribution in [2.45, 2.75) is 43.7 Å². The summed E-state index contributed by atoms with van der Waals surface area (Å²) >= 11 is 0. The molecule has 4 aromatic carbocycles. The lowest BCUT2D eigenvalue weighted by atomic mass is 9.90. The maximum atomic E-state index is 13.4. The highest BCUT2D eigenvalue weighted by Crippen LogP contribution is 2.41. The summed E-state index contributed by atoms with van der Waals surface area (Å²) in [5.74, 6) is 0. The van der Waals surface area contributed by atoms with E-state index in [2.05, 4.69) is 15.5 Å². The van der Waals surface area contributed by atoms with Gasteiger partial charge in [-0.15, -0.1) is 0 Å². The van der Waals surface area contributed by atoms with E-state index >= 15 is 0 Å². The van der Waals surface area contributed by atoms with Crippen molar-refractivity contribution in [2.24, 2.45) is 0 Å². The zero-order valence-electron chi connectivity index (χ0n) is 22.2. The molecule has 0 unspecified atom stereocenters. The van der Waals surface area contributed by atoms with Gasteiger partial charge in [-0.3, -0.25) is 14.5 Å². The highest BCUT2D eigenvalue weighted by molar-refractivity contribution is 5.79. The second-order valence-electron chi connectivity index (χ2n) is 10.3. The van der Waals surface area contributed by atoms with Crippen molar-refractivity contribution < 1.29 is 26.3 Å². The first-order chi connectivity index (χ1) is 19.9. The summed E-state index contributed by atoms with van der Waals surface area (Å²) in [4.78, 5) is 27.8. The molecule has 0 saturated carbocycles. The second kappa shape index (κ2) is 11.6. The maximum Gasteiger partial charge on any atom is 0.416 e. The maximum absolute atomic E-state index is 13.4. The minimum Gasteiger partial charge on any atom is -0.371 e. The van der Waals surface area contributed by atoms with Crippen molar-refractivity contribution in [1.82, 2.24) is 4.90 Å². The molecule has 0 aliphatic carbocycles. The molecule has 5 rings (SSSR count). The van der Waals surface area contributed by atoms with Crippen LogP contribution in [-0.4, -0.2) is 18.0 Å². The number of benzene rings is 3. The third-order valence-electron chi connectivity index (χ3n) is 7.47. The van der Waals surface area contributed by atoms with Gasteiger partial charge in [-0.1, -0.05) is 67.1 Å². The highest BCUT2D eigenvalue weighted by atomic mass is 19.4. The lowest BCUT2D eigenvalue weighted by molar-refractivity contribution is -0.143. The Morgan fingerprint density at radius 2 is 1.14 bits per heavy atom. The third kappa shape index (κ3) is 6.20. The monoisotopic (exact) mass is 587 g/mol. The predicted molar refractivity (Wildman–Crippen MR) is 148 cm³/mol. The topological polar surface area (TPSA) is 61.4 Å². The van der Waals surface area contributed by atoms with E-state index in [4.69, 9.17) is 0 Å². The molecule has 42 heavy (non-hydrogen) atoms. The van der Waals surface area contributed by atoms with Crippen LogP contribution in [0.1, 0.15) is 53.6 Å². The number of alkyl halides is 6. The van der Waals surface area contributed by atoms with Crippen molar-refractivity contribution in [3.63, 3.8) is 0 Å². The van der Waals surface area contributed by atoms with E-state index in [-0.39, 0.29) is 23.5 Å². The van der Waals surface area contributed by atoms with Gasteiger partial charge in [0.15, 0.2) is 0 Å². The van der Waals surface area contributed by atoms with Crippen LogP contribution in [0.25, 0.3) is 0 Å². The van der Waals surface area contributed by atoms with Gasteiger partial charge in [0.2, 0.25) is 0 Å². The van der Waals surface area contributed by atoms with E-state index in [1.165, 1.54) is 0 Å². The van der Waals surface area contributed by atoms with Crippen LogP contribution in [0.5, 0.6) is 0 Å². The van der Waals surface area contributed by atoms with Gasteiger partial charge in [-0.05, 0) is 55.3 Å². The summed E-state index contributed by atoms with van der Waals surface area (Å²) in [6.07, 6.45) is -7.13. The molecule has 2 atom stereocenters. The van der Waals surface area contributed by atoms with Crippen molar-refractivity contribution in [3.8, 4) is 0 Å². The normalized spacial score (nSPS) is 16.2. The van der Waals surface area contributed by atoms with E-state index in [0.717, 1.165) is 43.5 Å². The molecule has 0 amide bonds. The van der Waals surface area contributed by atoms with Crippen LogP contribution in [0.4, 0.5) is 43.4 Å². The summed E-state index contributed by atoms with van der Waals surface area (Å²) in [6, 6.07) is 18.9. The minimum atomic E-state index is -5.07.